The molecule has 0 saturated carbocycles. The monoisotopic (exact) mass is 212 g/mol. The molecule has 0 aliphatic rings. The summed E-state index contributed by atoms with van der Waals surface area (Å²) in [5.41, 5.74) is 6.16. The normalized spacial score (nSPS) is 12.1. The summed E-state index contributed by atoms with van der Waals surface area (Å²) in [4.78, 5) is 11.5. The highest BCUT2D eigenvalue weighted by Gasteiger charge is 2.17. The molecule has 1 rings (SSSR count). The smallest absolute Gasteiger partial charge is 0.328 e. The van der Waals surface area contributed by atoms with E-state index in [0.29, 0.717) is 5.69 Å². The van der Waals surface area contributed by atoms with Crippen LogP contribution in [0.3, 0.4) is 0 Å². The third kappa shape index (κ3) is 1.93. The second-order valence-electron chi connectivity index (χ2n) is 2.86. The van der Waals surface area contributed by atoms with E-state index in [2.05, 4.69) is 4.74 Å². The number of ether oxygens (including phenoxy) is 1. The van der Waals surface area contributed by atoms with Gasteiger partial charge in [-0.05, 0) is 19.1 Å². The zero-order chi connectivity index (χ0) is 10.7. The number of esters is 1. The van der Waals surface area contributed by atoms with Crippen LogP contribution in [0.4, 0.5) is 0 Å². The van der Waals surface area contributed by atoms with E-state index in [1.807, 2.05) is 0 Å². The number of nitrogens with zero attached hydrogens (tertiary/aromatic N) is 1. The Labute approximate surface area is 87.6 Å². The van der Waals surface area contributed by atoms with E-state index in [9.17, 15) is 4.79 Å². The molecule has 1 unspecified atom stereocenters. The molecule has 4 nitrogen and oxygen atoms in total. The third-order valence-corrected chi connectivity index (χ3v) is 2.20. The first kappa shape index (κ1) is 10.7. The van der Waals surface area contributed by atoms with Crippen LogP contribution in [0, 0.1) is 0 Å². The van der Waals surface area contributed by atoms with Crippen LogP contribution in [0.25, 0.3) is 0 Å². The van der Waals surface area contributed by atoms with E-state index in [1.54, 1.807) is 29.8 Å². The van der Waals surface area contributed by atoms with Crippen LogP contribution in [-0.4, -0.2) is 22.6 Å². The summed E-state index contributed by atoms with van der Waals surface area (Å²) in [6.45, 7) is 1.73. The summed E-state index contributed by atoms with van der Waals surface area (Å²) in [6, 6.07) is 3.14. The lowest BCUT2D eigenvalue weighted by Crippen LogP contribution is -2.23. The zero-order valence-electron chi connectivity index (χ0n) is 8.06. The van der Waals surface area contributed by atoms with Crippen molar-refractivity contribution in [3.05, 3.63) is 24.0 Å². The number of carbonyl (C=O) groups is 1. The van der Waals surface area contributed by atoms with Crippen molar-refractivity contribution in [3.63, 3.8) is 0 Å². The fraction of sp³-hybridized carbons (Fsp3) is 0.333. The van der Waals surface area contributed by atoms with E-state index in [4.69, 9.17) is 18.0 Å². The molecular weight excluding hydrogens is 200 g/mol. The lowest BCUT2D eigenvalue weighted by atomic mass is 10.3. The third-order valence-electron chi connectivity index (χ3n) is 1.99. The number of hydrogen-bond donors (Lipinski definition) is 1. The number of rotatable bonds is 3. The number of carbonyl (C=O) groups excluding carboxylic acids is 1. The van der Waals surface area contributed by atoms with Crippen LogP contribution in [0.5, 0.6) is 0 Å². The van der Waals surface area contributed by atoms with E-state index >= 15 is 0 Å². The second-order valence-corrected chi connectivity index (χ2v) is 3.30. The Kier molecular flexibility index (Phi) is 3.24. The molecule has 1 atom stereocenters. The van der Waals surface area contributed by atoms with Crippen molar-refractivity contribution in [1.29, 1.82) is 0 Å². The summed E-state index contributed by atoms with van der Waals surface area (Å²) in [6.07, 6.45) is 1.75. The molecule has 0 saturated heterocycles. The molecule has 0 fully saturated rings. The van der Waals surface area contributed by atoms with Crippen molar-refractivity contribution in [2.75, 3.05) is 7.11 Å². The predicted octanol–water partition coefficient (Wildman–Crippen LogP) is 0.856. The maximum Gasteiger partial charge on any atom is 0.328 e. The standard InChI is InChI=1S/C9H12N2O2S/c1-6(9(12)13-2)11-5-3-4-7(11)8(10)14/h3-6H,1-2H3,(H2,10,14). The summed E-state index contributed by atoms with van der Waals surface area (Å²) < 4.78 is 6.32. The molecular formula is C9H12N2O2S. The molecule has 0 amide bonds. The summed E-state index contributed by atoms with van der Waals surface area (Å²) in [7, 11) is 1.35. The SMILES string of the molecule is COC(=O)C(C)n1cccc1C(N)=S. The van der Waals surface area contributed by atoms with Crippen molar-refractivity contribution < 1.29 is 9.53 Å². The minimum atomic E-state index is -0.411. The van der Waals surface area contributed by atoms with Gasteiger partial charge in [0.1, 0.15) is 11.0 Å². The molecule has 5 heteroatoms. The molecule has 1 aromatic rings. The van der Waals surface area contributed by atoms with Gasteiger partial charge in [-0.1, -0.05) is 12.2 Å². The Morgan fingerprint density at radius 3 is 2.86 bits per heavy atom. The largest absolute Gasteiger partial charge is 0.467 e. The van der Waals surface area contributed by atoms with Crippen LogP contribution in [0.2, 0.25) is 0 Å². The Balaban J connectivity index is 3.00. The molecule has 1 heterocycles. The van der Waals surface area contributed by atoms with Crippen molar-refractivity contribution in [2.24, 2.45) is 5.73 Å². The molecule has 0 aliphatic heterocycles. The van der Waals surface area contributed by atoms with Gasteiger partial charge in [0.2, 0.25) is 0 Å². The van der Waals surface area contributed by atoms with E-state index < -0.39 is 6.04 Å². The van der Waals surface area contributed by atoms with Gasteiger partial charge in [0.05, 0.1) is 12.8 Å². The number of hydrogen-bond acceptors (Lipinski definition) is 3. The van der Waals surface area contributed by atoms with Crippen molar-refractivity contribution in [1.82, 2.24) is 4.57 Å². The first-order valence-corrected chi connectivity index (χ1v) is 4.53. The maximum atomic E-state index is 11.3. The van der Waals surface area contributed by atoms with Crippen molar-refractivity contribution >= 4 is 23.2 Å². The van der Waals surface area contributed by atoms with Gasteiger partial charge in [0, 0.05) is 6.20 Å². The van der Waals surface area contributed by atoms with E-state index in [1.165, 1.54) is 7.11 Å². The van der Waals surface area contributed by atoms with Gasteiger partial charge in [-0.15, -0.1) is 0 Å². The van der Waals surface area contributed by atoms with Gasteiger partial charge in [-0.3, -0.25) is 0 Å². The van der Waals surface area contributed by atoms with Gasteiger partial charge in [0.25, 0.3) is 0 Å². The Bertz CT molecular complexity index is 359. The van der Waals surface area contributed by atoms with E-state index in [-0.39, 0.29) is 11.0 Å². The molecule has 0 aliphatic carbocycles. The maximum absolute atomic E-state index is 11.3. The van der Waals surface area contributed by atoms with Gasteiger partial charge in [-0.25, -0.2) is 4.79 Å². The number of thiocarbonyl (C=S) groups is 1. The molecule has 1 aromatic heterocycles. The highest BCUT2D eigenvalue weighted by atomic mass is 32.1. The number of nitrogens with two attached hydrogens (primary N) is 1. The minimum absolute atomic E-state index is 0.269. The Morgan fingerprint density at radius 2 is 2.36 bits per heavy atom. The highest BCUT2D eigenvalue weighted by Crippen LogP contribution is 2.12. The molecule has 14 heavy (non-hydrogen) atoms. The van der Waals surface area contributed by atoms with Gasteiger partial charge < -0.3 is 15.0 Å². The lowest BCUT2D eigenvalue weighted by molar-refractivity contribution is -0.144. The molecule has 0 bridgehead atoms. The van der Waals surface area contributed by atoms with Crippen LogP contribution in [0.15, 0.2) is 18.3 Å². The summed E-state index contributed by atoms with van der Waals surface area (Å²) in [5, 5.41) is 0. The lowest BCUT2D eigenvalue weighted by Gasteiger charge is -2.14. The molecule has 76 valence electrons. The van der Waals surface area contributed by atoms with Crippen LogP contribution in [-0.2, 0) is 9.53 Å². The van der Waals surface area contributed by atoms with Crippen molar-refractivity contribution in [3.8, 4) is 0 Å². The topological polar surface area (TPSA) is 57.2 Å². The van der Waals surface area contributed by atoms with Gasteiger partial charge >= 0.3 is 5.97 Å². The number of methoxy groups -OCH3 is 1. The predicted molar refractivity (Wildman–Crippen MR) is 57.0 cm³/mol. The molecule has 0 spiro atoms. The second kappa shape index (κ2) is 4.23. The van der Waals surface area contributed by atoms with E-state index in [0.717, 1.165) is 0 Å². The Hall–Kier alpha value is -1.36. The fourth-order valence-corrected chi connectivity index (χ4v) is 1.40. The molecule has 0 aromatic carbocycles. The average Bonchev–Trinajstić information content (AvgIpc) is 2.63. The average molecular weight is 212 g/mol. The summed E-state index contributed by atoms with van der Waals surface area (Å²) >= 11 is 4.85. The van der Waals surface area contributed by atoms with Gasteiger partial charge in [0.15, 0.2) is 0 Å². The first-order valence-electron chi connectivity index (χ1n) is 4.12. The Morgan fingerprint density at radius 1 is 1.71 bits per heavy atom. The quantitative estimate of drug-likeness (QED) is 0.596. The van der Waals surface area contributed by atoms with Crippen LogP contribution >= 0.6 is 12.2 Å². The van der Waals surface area contributed by atoms with Crippen LogP contribution < -0.4 is 5.73 Å². The minimum Gasteiger partial charge on any atom is -0.467 e. The highest BCUT2D eigenvalue weighted by molar-refractivity contribution is 7.80. The zero-order valence-corrected chi connectivity index (χ0v) is 8.88. The number of aromatic nitrogens is 1. The molecule has 0 radical (unpaired) electrons. The van der Waals surface area contributed by atoms with Gasteiger partial charge in [-0.2, -0.15) is 0 Å². The first-order chi connectivity index (χ1) is 6.57. The molecule has 2 N–H and O–H groups in total. The van der Waals surface area contributed by atoms with Crippen LogP contribution in [0.1, 0.15) is 18.7 Å². The summed E-state index contributed by atoms with van der Waals surface area (Å²) in [5.74, 6) is -0.321. The van der Waals surface area contributed by atoms with Crippen molar-refractivity contribution in [2.45, 2.75) is 13.0 Å². The fourth-order valence-electron chi connectivity index (χ4n) is 1.22.